The summed E-state index contributed by atoms with van der Waals surface area (Å²) in [5, 5.41) is 16.6. The molecule has 0 saturated heterocycles. The van der Waals surface area contributed by atoms with Gasteiger partial charge in [-0.1, -0.05) is 12.1 Å². The predicted octanol–water partition coefficient (Wildman–Crippen LogP) is 4.11. The maximum atomic E-state index is 13.7. The largest absolute Gasteiger partial charge is 0.494 e. The third-order valence-electron chi connectivity index (χ3n) is 5.20. The summed E-state index contributed by atoms with van der Waals surface area (Å²) in [5.41, 5.74) is 2.58. The van der Waals surface area contributed by atoms with Crippen LogP contribution in [0.25, 0.3) is 5.69 Å². The molecule has 0 aliphatic carbocycles. The van der Waals surface area contributed by atoms with Crippen molar-refractivity contribution in [2.75, 3.05) is 12.4 Å². The number of aryl methyl sites for hydroxylation is 1. The van der Waals surface area contributed by atoms with Gasteiger partial charge in [-0.25, -0.2) is 14.1 Å². The van der Waals surface area contributed by atoms with E-state index in [9.17, 15) is 14.4 Å². The van der Waals surface area contributed by atoms with E-state index in [0.29, 0.717) is 17.0 Å². The Hall–Kier alpha value is -4.45. The van der Waals surface area contributed by atoms with E-state index in [2.05, 4.69) is 15.4 Å². The van der Waals surface area contributed by atoms with E-state index >= 15 is 0 Å². The maximum Gasteiger partial charge on any atom is 0.291 e. The molecule has 1 atom stereocenters. The second-order valence-electron chi connectivity index (χ2n) is 7.47. The molecule has 33 heavy (non-hydrogen) atoms. The van der Waals surface area contributed by atoms with Gasteiger partial charge < -0.3 is 14.6 Å². The molecule has 9 heteroatoms. The monoisotopic (exact) mass is 444 g/mol. The molecule has 0 bridgehead atoms. The SMILES string of the molecule is COc1cc(Nc2cc(C#N)nn([C@@H](C)c3cccc(F)c3)c2=O)ccc1-n1cnc(C)c1. The van der Waals surface area contributed by atoms with Gasteiger partial charge in [-0.2, -0.15) is 10.4 Å². The Kier molecular flexibility index (Phi) is 5.91. The van der Waals surface area contributed by atoms with Crippen molar-refractivity contribution in [2.24, 2.45) is 0 Å². The lowest BCUT2D eigenvalue weighted by Crippen LogP contribution is -2.29. The third-order valence-corrected chi connectivity index (χ3v) is 5.20. The average molecular weight is 444 g/mol. The number of halogens is 1. The highest BCUT2D eigenvalue weighted by Crippen LogP contribution is 2.28. The van der Waals surface area contributed by atoms with Crippen LogP contribution in [0.5, 0.6) is 5.75 Å². The van der Waals surface area contributed by atoms with Crippen LogP contribution >= 0.6 is 0 Å². The van der Waals surface area contributed by atoms with E-state index in [1.54, 1.807) is 44.6 Å². The molecule has 8 nitrogen and oxygen atoms in total. The number of hydrogen-bond donors (Lipinski definition) is 1. The van der Waals surface area contributed by atoms with Crippen molar-refractivity contribution in [2.45, 2.75) is 19.9 Å². The van der Waals surface area contributed by atoms with Crippen LogP contribution in [-0.2, 0) is 0 Å². The van der Waals surface area contributed by atoms with E-state index in [4.69, 9.17) is 4.74 Å². The number of anilines is 2. The maximum absolute atomic E-state index is 13.7. The summed E-state index contributed by atoms with van der Waals surface area (Å²) in [7, 11) is 1.56. The molecule has 4 aromatic rings. The van der Waals surface area contributed by atoms with E-state index in [1.807, 2.05) is 29.8 Å². The van der Waals surface area contributed by atoms with Crippen molar-refractivity contribution in [3.05, 3.63) is 94.2 Å². The van der Waals surface area contributed by atoms with E-state index in [-0.39, 0.29) is 11.4 Å². The van der Waals surface area contributed by atoms with Gasteiger partial charge in [-0.3, -0.25) is 4.79 Å². The Morgan fingerprint density at radius 1 is 1.21 bits per heavy atom. The molecule has 0 fully saturated rings. The fourth-order valence-corrected chi connectivity index (χ4v) is 3.50. The van der Waals surface area contributed by atoms with Gasteiger partial charge in [-0.15, -0.1) is 0 Å². The first-order valence-corrected chi connectivity index (χ1v) is 10.1. The van der Waals surface area contributed by atoms with Gasteiger partial charge in [0.1, 0.15) is 23.3 Å². The van der Waals surface area contributed by atoms with Crippen LogP contribution in [-0.4, -0.2) is 26.4 Å². The number of methoxy groups -OCH3 is 1. The summed E-state index contributed by atoms with van der Waals surface area (Å²) >= 11 is 0. The van der Waals surface area contributed by atoms with Crippen LogP contribution in [0, 0.1) is 24.1 Å². The van der Waals surface area contributed by atoms with Gasteiger partial charge in [-0.05, 0) is 43.7 Å². The zero-order valence-corrected chi connectivity index (χ0v) is 18.3. The van der Waals surface area contributed by atoms with Crippen LogP contribution in [0.3, 0.4) is 0 Å². The Labute approximate surface area is 189 Å². The summed E-state index contributed by atoms with van der Waals surface area (Å²) in [5.74, 6) is 0.155. The third kappa shape index (κ3) is 4.45. The van der Waals surface area contributed by atoms with Crippen LogP contribution in [0.1, 0.15) is 29.9 Å². The van der Waals surface area contributed by atoms with Crippen molar-refractivity contribution in [1.29, 1.82) is 5.26 Å². The van der Waals surface area contributed by atoms with Crippen molar-refractivity contribution in [3.8, 4) is 17.5 Å². The molecule has 166 valence electrons. The minimum Gasteiger partial charge on any atom is -0.494 e. The number of nitrogens with one attached hydrogen (secondary N) is 1. The van der Waals surface area contributed by atoms with Crippen molar-refractivity contribution >= 4 is 11.4 Å². The number of aromatic nitrogens is 4. The molecule has 0 saturated carbocycles. The molecule has 0 aliphatic heterocycles. The first-order chi connectivity index (χ1) is 15.9. The summed E-state index contributed by atoms with van der Waals surface area (Å²) < 4.78 is 22.2. The van der Waals surface area contributed by atoms with Crippen LogP contribution < -0.4 is 15.6 Å². The van der Waals surface area contributed by atoms with E-state index in [1.165, 1.54) is 22.9 Å². The van der Waals surface area contributed by atoms with Gasteiger partial charge in [0, 0.05) is 24.0 Å². The second-order valence-corrected chi connectivity index (χ2v) is 7.47. The van der Waals surface area contributed by atoms with Crippen molar-refractivity contribution in [1.82, 2.24) is 19.3 Å². The van der Waals surface area contributed by atoms with Gasteiger partial charge in [0.05, 0.1) is 30.9 Å². The molecule has 0 amide bonds. The summed E-state index contributed by atoms with van der Waals surface area (Å²) in [6.45, 7) is 3.62. The summed E-state index contributed by atoms with van der Waals surface area (Å²) in [6, 6.07) is 14.1. The van der Waals surface area contributed by atoms with Crippen LogP contribution in [0.2, 0.25) is 0 Å². The highest BCUT2D eigenvalue weighted by Gasteiger charge is 2.17. The fraction of sp³-hybridized carbons (Fsp3) is 0.167. The van der Waals surface area contributed by atoms with Crippen molar-refractivity contribution in [3.63, 3.8) is 0 Å². The van der Waals surface area contributed by atoms with Crippen LogP contribution in [0.15, 0.2) is 65.8 Å². The molecule has 1 N–H and O–H groups in total. The number of imidazole rings is 1. The number of benzene rings is 2. The molecule has 0 radical (unpaired) electrons. The smallest absolute Gasteiger partial charge is 0.291 e. The highest BCUT2D eigenvalue weighted by atomic mass is 19.1. The molecule has 2 aromatic carbocycles. The Morgan fingerprint density at radius 2 is 2.03 bits per heavy atom. The molecule has 2 heterocycles. The lowest BCUT2D eigenvalue weighted by Gasteiger charge is -2.17. The minimum absolute atomic E-state index is 0.0535. The topological polar surface area (TPSA) is 97.8 Å². The molecule has 0 unspecified atom stereocenters. The van der Waals surface area contributed by atoms with Gasteiger partial charge >= 0.3 is 0 Å². The number of nitrogens with zero attached hydrogens (tertiary/aromatic N) is 5. The average Bonchev–Trinajstić information content (AvgIpc) is 3.25. The molecule has 4 rings (SSSR count). The molecular weight excluding hydrogens is 423 g/mol. The quantitative estimate of drug-likeness (QED) is 0.481. The molecule has 0 spiro atoms. The summed E-state index contributed by atoms with van der Waals surface area (Å²) in [6.07, 6.45) is 3.56. The van der Waals surface area contributed by atoms with Gasteiger partial charge in [0.15, 0.2) is 5.69 Å². The van der Waals surface area contributed by atoms with Crippen LogP contribution in [0.4, 0.5) is 15.8 Å². The lowest BCUT2D eigenvalue weighted by molar-refractivity contribution is 0.413. The fourth-order valence-electron chi connectivity index (χ4n) is 3.50. The highest BCUT2D eigenvalue weighted by molar-refractivity contribution is 5.65. The van der Waals surface area contributed by atoms with E-state index < -0.39 is 17.4 Å². The van der Waals surface area contributed by atoms with Gasteiger partial charge in [0.2, 0.25) is 0 Å². The molecular formula is C24H21FN6O2. The predicted molar refractivity (Wildman–Crippen MR) is 122 cm³/mol. The molecule has 2 aromatic heterocycles. The van der Waals surface area contributed by atoms with Crippen molar-refractivity contribution < 1.29 is 9.13 Å². The number of nitriles is 1. The number of hydrogen-bond acceptors (Lipinski definition) is 6. The van der Waals surface area contributed by atoms with Gasteiger partial charge in [0.25, 0.3) is 5.56 Å². The molecule has 0 aliphatic rings. The Bertz CT molecular complexity index is 1420. The number of rotatable bonds is 6. The first-order valence-electron chi connectivity index (χ1n) is 10.1. The first kappa shape index (κ1) is 21.8. The normalized spacial score (nSPS) is 11.6. The number of ether oxygens (including phenoxy) is 1. The Balaban J connectivity index is 1.72. The standard InChI is InChI=1S/C24H21FN6O2/c1-15-13-30(14-27-15)22-8-7-19(11-23(22)33-3)28-21-10-20(12-26)29-31(24(21)32)16(2)17-5-4-6-18(25)9-17/h4-11,13-14,16,28H,1-3H3/t16-/m0/s1. The zero-order chi connectivity index (χ0) is 23.5. The zero-order valence-electron chi connectivity index (χ0n) is 18.3. The van der Waals surface area contributed by atoms with E-state index in [0.717, 1.165) is 11.4 Å². The Morgan fingerprint density at radius 3 is 2.70 bits per heavy atom. The minimum atomic E-state index is -0.580. The lowest BCUT2D eigenvalue weighted by atomic mass is 10.1. The summed E-state index contributed by atoms with van der Waals surface area (Å²) in [4.78, 5) is 17.4. The second kappa shape index (κ2) is 8.96.